The first-order chi connectivity index (χ1) is 9.15. The summed E-state index contributed by atoms with van der Waals surface area (Å²) < 4.78 is 0. The summed E-state index contributed by atoms with van der Waals surface area (Å²) in [6.45, 7) is 3.35. The molecule has 0 heterocycles. The minimum Gasteiger partial charge on any atom is -0.396 e. The predicted molar refractivity (Wildman–Crippen MR) is 76.9 cm³/mol. The van der Waals surface area contributed by atoms with Gasteiger partial charge in [-0.2, -0.15) is 11.8 Å². The van der Waals surface area contributed by atoms with Crippen molar-refractivity contribution in [3.63, 3.8) is 0 Å². The number of carbonyl (C=O) groups is 2. The molecule has 6 heteroatoms. The smallest absolute Gasteiger partial charge is 0.223 e. The lowest BCUT2D eigenvalue weighted by Gasteiger charge is -2.06. The van der Waals surface area contributed by atoms with E-state index in [-0.39, 0.29) is 24.3 Å². The average Bonchev–Trinajstić information content (AvgIpc) is 3.11. The zero-order valence-electron chi connectivity index (χ0n) is 11.5. The van der Waals surface area contributed by atoms with Crippen LogP contribution in [0.5, 0.6) is 0 Å². The highest BCUT2D eigenvalue weighted by atomic mass is 32.2. The Bertz CT molecular complexity index is 300. The van der Waals surface area contributed by atoms with Crippen LogP contribution >= 0.6 is 11.8 Å². The van der Waals surface area contributed by atoms with Crippen LogP contribution in [0.1, 0.15) is 26.2 Å². The van der Waals surface area contributed by atoms with Crippen molar-refractivity contribution in [3.8, 4) is 0 Å². The van der Waals surface area contributed by atoms with Crippen LogP contribution in [0.25, 0.3) is 0 Å². The Balaban J connectivity index is 1.89. The zero-order chi connectivity index (χ0) is 14.1. The molecule has 2 amide bonds. The molecule has 1 saturated carbocycles. The van der Waals surface area contributed by atoms with E-state index >= 15 is 0 Å². The number of rotatable bonds is 10. The molecule has 1 aliphatic rings. The SMILES string of the molecule is CC1CC1C(=O)NCCC(=O)NCCSCCCO. The predicted octanol–water partition coefficient (Wildman–Crippen LogP) is 0.381. The second kappa shape index (κ2) is 9.20. The van der Waals surface area contributed by atoms with E-state index in [0.717, 1.165) is 24.3 Å². The van der Waals surface area contributed by atoms with Gasteiger partial charge in [-0.25, -0.2) is 0 Å². The highest BCUT2D eigenvalue weighted by molar-refractivity contribution is 7.99. The average molecular weight is 288 g/mol. The second-order valence-electron chi connectivity index (χ2n) is 4.90. The third-order valence-corrected chi connectivity index (χ3v) is 4.18. The summed E-state index contributed by atoms with van der Waals surface area (Å²) in [6.07, 6.45) is 2.11. The number of aliphatic hydroxyl groups excluding tert-OH is 1. The van der Waals surface area contributed by atoms with Crippen molar-refractivity contribution in [2.75, 3.05) is 31.2 Å². The first kappa shape index (κ1) is 16.3. The Morgan fingerprint density at radius 2 is 2.00 bits per heavy atom. The summed E-state index contributed by atoms with van der Waals surface area (Å²) in [7, 11) is 0. The summed E-state index contributed by atoms with van der Waals surface area (Å²) in [5.41, 5.74) is 0. The molecule has 0 aliphatic heterocycles. The van der Waals surface area contributed by atoms with Crippen LogP contribution in [-0.4, -0.2) is 48.1 Å². The van der Waals surface area contributed by atoms with Gasteiger partial charge < -0.3 is 15.7 Å². The van der Waals surface area contributed by atoms with Crippen molar-refractivity contribution in [1.82, 2.24) is 10.6 Å². The van der Waals surface area contributed by atoms with Crippen LogP contribution in [-0.2, 0) is 9.59 Å². The first-order valence-electron chi connectivity index (χ1n) is 6.88. The molecule has 2 unspecified atom stereocenters. The minimum atomic E-state index is -0.0214. The van der Waals surface area contributed by atoms with Crippen LogP contribution in [0.3, 0.4) is 0 Å². The number of hydrogen-bond acceptors (Lipinski definition) is 4. The summed E-state index contributed by atoms with van der Waals surface area (Å²) in [5, 5.41) is 14.2. The lowest BCUT2D eigenvalue weighted by Crippen LogP contribution is -2.32. The van der Waals surface area contributed by atoms with Gasteiger partial charge in [0.25, 0.3) is 0 Å². The van der Waals surface area contributed by atoms with Gasteiger partial charge in [0.2, 0.25) is 11.8 Å². The van der Waals surface area contributed by atoms with E-state index < -0.39 is 0 Å². The largest absolute Gasteiger partial charge is 0.396 e. The summed E-state index contributed by atoms with van der Waals surface area (Å²) in [6, 6.07) is 0. The number of nitrogens with one attached hydrogen (secondary N) is 2. The molecule has 0 saturated heterocycles. The third kappa shape index (κ3) is 7.42. The maximum absolute atomic E-state index is 11.5. The standard InChI is InChI=1S/C13H24N2O3S/c1-10-9-11(10)13(18)15-4-3-12(17)14-5-8-19-7-2-6-16/h10-11,16H,2-9H2,1H3,(H,14,17)(H,15,18). The highest BCUT2D eigenvalue weighted by Gasteiger charge is 2.38. The molecule has 0 aromatic rings. The molecule has 1 rings (SSSR count). The number of amides is 2. The van der Waals surface area contributed by atoms with E-state index in [1.54, 1.807) is 11.8 Å². The Kier molecular flexibility index (Phi) is 7.90. The van der Waals surface area contributed by atoms with E-state index in [4.69, 9.17) is 5.11 Å². The van der Waals surface area contributed by atoms with Gasteiger partial charge in [-0.3, -0.25) is 9.59 Å². The van der Waals surface area contributed by atoms with Gasteiger partial charge in [0.1, 0.15) is 0 Å². The quantitative estimate of drug-likeness (QED) is 0.508. The fourth-order valence-electron chi connectivity index (χ4n) is 1.74. The molecule has 1 aliphatic carbocycles. The van der Waals surface area contributed by atoms with Crippen LogP contribution in [0, 0.1) is 11.8 Å². The Labute approximate surface area is 118 Å². The van der Waals surface area contributed by atoms with Crippen molar-refractivity contribution in [1.29, 1.82) is 0 Å². The molecular formula is C13H24N2O3S. The zero-order valence-corrected chi connectivity index (χ0v) is 12.3. The van der Waals surface area contributed by atoms with Gasteiger partial charge in [-0.15, -0.1) is 0 Å². The minimum absolute atomic E-state index is 0.0214. The van der Waals surface area contributed by atoms with E-state index in [1.165, 1.54) is 0 Å². The Morgan fingerprint density at radius 3 is 2.63 bits per heavy atom. The molecule has 110 valence electrons. The maximum Gasteiger partial charge on any atom is 0.223 e. The molecule has 0 aromatic heterocycles. The lowest BCUT2D eigenvalue weighted by atomic mass is 10.3. The molecule has 1 fully saturated rings. The molecule has 0 radical (unpaired) electrons. The molecule has 2 atom stereocenters. The van der Waals surface area contributed by atoms with Gasteiger partial charge in [0.15, 0.2) is 0 Å². The lowest BCUT2D eigenvalue weighted by molar-refractivity contribution is -0.123. The van der Waals surface area contributed by atoms with Gasteiger partial charge in [0.05, 0.1) is 0 Å². The number of thioether (sulfide) groups is 1. The van der Waals surface area contributed by atoms with Gasteiger partial charge >= 0.3 is 0 Å². The van der Waals surface area contributed by atoms with Crippen LogP contribution in [0.2, 0.25) is 0 Å². The second-order valence-corrected chi connectivity index (χ2v) is 6.12. The van der Waals surface area contributed by atoms with E-state index in [2.05, 4.69) is 17.6 Å². The fourth-order valence-corrected chi connectivity index (χ4v) is 2.52. The summed E-state index contributed by atoms with van der Waals surface area (Å²) >= 11 is 1.72. The van der Waals surface area contributed by atoms with E-state index in [0.29, 0.717) is 25.4 Å². The topological polar surface area (TPSA) is 78.4 Å². The third-order valence-electron chi connectivity index (χ3n) is 3.11. The molecule has 19 heavy (non-hydrogen) atoms. The van der Waals surface area contributed by atoms with Gasteiger partial charge in [-0.1, -0.05) is 6.92 Å². The van der Waals surface area contributed by atoms with Crippen LogP contribution < -0.4 is 10.6 Å². The molecular weight excluding hydrogens is 264 g/mol. The fraction of sp³-hybridized carbons (Fsp3) is 0.846. The van der Waals surface area contributed by atoms with E-state index in [9.17, 15) is 9.59 Å². The number of hydrogen-bond donors (Lipinski definition) is 3. The number of carbonyl (C=O) groups excluding carboxylic acids is 2. The highest BCUT2D eigenvalue weighted by Crippen LogP contribution is 2.37. The van der Waals surface area contributed by atoms with Crippen molar-refractivity contribution < 1.29 is 14.7 Å². The molecule has 0 aromatic carbocycles. The summed E-state index contributed by atoms with van der Waals surface area (Å²) in [5.74, 6) is 2.52. The van der Waals surface area contributed by atoms with Gasteiger partial charge in [-0.05, 0) is 24.5 Å². The Hall–Kier alpha value is -0.750. The molecule has 0 spiro atoms. The van der Waals surface area contributed by atoms with Crippen molar-refractivity contribution >= 4 is 23.6 Å². The molecule has 5 nitrogen and oxygen atoms in total. The normalized spacial score (nSPS) is 20.9. The number of aliphatic hydroxyl groups is 1. The van der Waals surface area contributed by atoms with E-state index in [1.807, 2.05) is 0 Å². The van der Waals surface area contributed by atoms with Gasteiger partial charge in [0, 0.05) is 37.8 Å². The van der Waals surface area contributed by atoms with Crippen LogP contribution in [0.4, 0.5) is 0 Å². The monoisotopic (exact) mass is 288 g/mol. The first-order valence-corrected chi connectivity index (χ1v) is 8.03. The van der Waals surface area contributed by atoms with Crippen molar-refractivity contribution in [2.45, 2.75) is 26.2 Å². The summed E-state index contributed by atoms with van der Waals surface area (Å²) in [4.78, 5) is 22.9. The van der Waals surface area contributed by atoms with Crippen molar-refractivity contribution in [3.05, 3.63) is 0 Å². The maximum atomic E-state index is 11.5. The Morgan fingerprint density at radius 1 is 1.26 bits per heavy atom. The molecule has 3 N–H and O–H groups in total. The van der Waals surface area contributed by atoms with Crippen molar-refractivity contribution in [2.24, 2.45) is 11.8 Å². The van der Waals surface area contributed by atoms with Crippen LogP contribution in [0.15, 0.2) is 0 Å². The molecule has 0 bridgehead atoms.